The molecule has 0 saturated carbocycles. The first-order valence-electron chi connectivity index (χ1n) is 5.95. The topological polar surface area (TPSA) is 26.7 Å². The molecule has 20 heavy (non-hydrogen) atoms. The Kier molecular flexibility index (Phi) is 8.69. The number of allylic oxidation sites excluding steroid dienone is 3. The molecule has 0 atom stereocenters. The fourth-order valence-corrected chi connectivity index (χ4v) is 1.47. The van der Waals surface area contributed by atoms with Gasteiger partial charge in [-0.3, -0.25) is 6.58 Å². The van der Waals surface area contributed by atoms with Gasteiger partial charge in [-0.2, -0.15) is 43.1 Å². The van der Waals surface area contributed by atoms with Crippen molar-refractivity contribution in [2.45, 2.75) is 13.8 Å². The molecular formula is C16H19IrN2O. The van der Waals surface area contributed by atoms with Crippen LogP contribution in [-0.4, -0.2) is 17.1 Å². The van der Waals surface area contributed by atoms with Crippen LogP contribution in [0.4, 0.5) is 5.69 Å². The molecule has 1 aromatic carbocycles. The van der Waals surface area contributed by atoms with Gasteiger partial charge in [-0.25, -0.2) is 5.57 Å². The van der Waals surface area contributed by atoms with Gasteiger partial charge >= 0.3 is 20.1 Å². The van der Waals surface area contributed by atoms with Gasteiger partial charge in [-0.05, 0) is 26.4 Å². The number of hydrogen-bond donors (Lipinski definition) is 1. The van der Waals surface area contributed by atoms with Crippen LogP contribution in [0.1, 0.15) is 13.8 Å². The minimum Gasteiger partial charge on any atom is -0.531 e. The maximum Gasteiger partial charge on any atom is 3.00 e. The smallest absolute Gasteiger partial charge is 0.531 e. The van der Waals surface area contributed by atoms with Crippen LogP contribution in [0.3, 0.4) is 0 Å². The van der Waals surface area contributed by atoms with E-state index in [4.69, 9.17) is 11.7 Å². The number of rotatable bonds is 2. The molecule has 0 saturated heterocycles. The Morgan fingerprint density at radius 1 is 1.35 bits per heavy atom. The Balaban J connectivity index is 0.000000396. The van der Waals surface area contributed by atoms with Gasteiger partial charge in [0.05, 0.1) is 0 Å². The van der Waals surface area contributed by atoms with Crippen LogP contribution in [0, 0.1) is 19.3 Å². The predicted molar refractivity (Wildman–Crippen MR) is 78.8 cm³/mol. The number of benzene rings is 1. The Morgan fingerprint density at radius 2 is 2.05 bits per heavy atom. The summed E-state index contributed by atoms with van der Waals surface area (Å²) in [4.78, 5) is 4.03. The maximum absolute atomic E-state index is 8.48. The van der Waals surface area contributed by atoms with E-state index >= 15 is 0 Å². The normalized spacial score (nSPS) is 13.4. The van der Waals surface area contributed by atoms with Crippen LogP contribution >= 0.6 is 0 Å². The van der Waals surface area contributed by atoms with E-state index < -0.39 is 0 Å². The zero-order chi connectivity index (χ0) is 14.3. The number of aliphatic hydroxyl groups is 1. The van der Waals surface area contributed by atoms with Gasteiger partial charge < -0.3 is 14.9 Å². The predicted octanol–water partition coefficient (Wildman–Crippen LogP) is 3.65. The molecule has 0 amide bonds. The third-order valence-corrected chi connectivity index (χ3v) is 2.18. The molecule has 1 aliphatic rings. The van der Waals surface area contributed by atoms with Crippen molar-refractivity contribution in [1.82, 2.24) is 4.90 Å². The molecular weight excluding hydrogens is 428 g/mol. The number of aliphatic hydroxyl groups excluding tert-OH is 1. The molecule has 4 heteroatoms. The monoisotopic (exact) mass is 448 g/mol. The molecule has 1 aliphatic heterocycles. The van der Waals surface area contributed by atoms with Crippen LogP contribution in [0.2, 0.25) is 0 Å². The molecule has 0 aliphatic carbocycles. The summed E-state index contributed by atoms with van der Waals surface area (Å²) < 4.78 is 0. The summed E-state index contributed by atoms with van der Waals surface area (Å²) in [7, 11) is 2.00. The summed E-state index contributed by atoms with van der Waals surface area (Å²) in [6.07, 6.45) is 5.51. The molecule has 1 N–H and O–H groups in total. The van der Waals surface area contributed by atoms with Crippen molar-refractivity contribution in [3.63, 3.8) is 0 Å². The van der Waals surface area contributed by atoms with E-state index in [1.54, 1.807) is 13.8 Å². The Morgan fingerprint density at radius 3 is 2.40 bits per heavy atom. The van der Waals surface area contributed by atoms with E-state index in [1.165, 1.54) is 6.08 Å². The van der Waals surface area contributed by atoms with Crippen molar-refractivity contribution in [2.75, 3.05) is 11.9 Å². The Bertz CT molecular complexity index is 465. The van der Waals surface area contributed by atoms with E-state index in [0.29, 0.717) is 5.57 Å². The van der Waals surface area contributed by atoms with E-state index in [9.17, 15) is 0 Å². The fourth-order valence-electron chi connectivity index (χ4n) is 1.47. The van der Waals surface area contributed by atoms with Gasteiger partial charge in [0.25, 0.3) is 0 Å². The third kappa shape index (κ3) is 7.17. The first-order valence-corrected chi connectivity index (χ1v) is 5.95. The fraction of sp³-hybridized carbons (Fsp3) is 0.188. The average molecular weight is 448 g/mol. The summed E-state index contributed by atoms with van der Waals surface area (Å²) in [6.45, 7) is 10.5. The van der Waals surface area contributed by atoms with Crippen LogP contribution in [0.15, 0.2) is 54.1 Å². The van der Waals surface area contributed by atoms with Gasteiger partial charge in [0.2, 0.25) is 0 Å². The average Bonchev–Trinajstić information content (AvgIpc) is 2.76. The van der Waals surface area contributed by atoms with Crippen molar-refractivity contribution in [1.29, 1.82) is 0 Å². The van der Waals surface area contributed by atoms with Crippen LogP contribution < -0.4 is 4.90 Å². The molecule has 1 heterocycles. The molecule has 2 rings (SSSR count). The molecule has 0 fully saturated rings. The van der Waals surface area contributed by atoms with Gasteiger partial charge in [-0.15, -0.1) is 5.69 Å². The molecule has 3 nitrogen and oxygen atoms in total. The van der Waals surface area contributed by atoms with Crippen molar-refractivity contribution >= 4 is 5.69 Å². The molecule has 0 bridgehead atoms. The minimum atomic E-state index is 0. The number of hydrogen-bond acceptors (Lipinski definition) is 3. The second kappa shape index (κ2) is 9.40. The molecule has 0 radical (unpaired) electrons. The first-order chi connectivity index (χ1) is 8.99. The van der Waals surface area contributed by atoms with E-state index in [-0.39, 0.29) is 25.9 Å². The van der Waals surface area contributed by atoms with Crippen molar-refractivity contribution in [2.24, 2.45) is 0 Å². The van der Waals surface area contributed by atoms with Crippen molar-refractivity contribution in [3.05, 3.63) is 73.4 Å². The quantitative estimate of drug-likeness (QED) is 0.426. The summed E-state index contributed by atoms with van der Waals surface area (Å²) in [5, 5.41) is 8.48. The van der Waals surface area contributed by atoms with Crippen LogP contribution in [0.5, 0.6) is 0 Å². The summed E-state index contributed by atoms with van der Waals surface area (Å²) in [5.74, 6) is 0.250. The van der Waals surface area contributed by atoms with Gasteiger partial charge in [-0.1, -0.05) is 6.92 Å². The maximum atomic E-state index is 8.48. The number of nitrogens with zero attached hydrogens (tertiary/aromatic N) is 2. The molecule has 0 unspecified atom stereocenters. The number of anilines is 1. The second-order valence-corrected chi connectivity index (χ2v) is 4.26. The van der Waals surface area contributed by atoms with Crippen molar-refractivity contribution < 1.29 is 25.2 Å². The van der Waals surface area contributed by atoms with E-state index in [1.807, 2.05) is 60.2 Å². The number of para-hydroxylation sites is 1. The van der Waals surface area contributed by atoms with Crippen molar-refractivity contribution in [3.8, 4) is 0 Å². The first kappa shape index (κ1) is 18.5. The molecule has 0 spiro atoms. The Labute approximate surface area is 135 Å². The second-order valence-electron chi connectivity index (χ2n) is 4.26. The van der Waals surface area contributed by atoms with E-state index in [0.717, 1.165) is 5.69 Å². The molecule has 0 aromatic heterocycles. The van der Waals surface area contributed by atoms with Gasteiger partial charge in [0.15, 0.2) is 0 Å². The third-order valence-electron chi connectivity index (χ3n) is 2.18. The van der Waals surface area contributed by atoms with Crippen LogP contribution in [-0.2, 0) is 20.1 Å². The van der Waals surface area contributed by atoms with Crippen LogP contribution in [0.25, 0.3) is 0 Å². The minimum absolute atomic E-state index is 0. The SMILES string of the molecule is CN1C=CN(c2[c-]cccc2)[CH-]1.[CH-]=C(C)/C=C(/C)O.[Ir+3]. The summed E-state index contributed by atoms with van der Waals surface area (Å²) >= 11 is 0. The standard InChI is InChI=1S/C10H10N2.C6H9O.Ir/c1-11-7-8-12(9-11)10-5-3-2-4-6-10;1-5(2)4-6(3)7;/h2-5,7-9H,1H3;1,4,7H,2-3H3;/q-2;-1;+3/b;6-4-;. The molecule has 108 valence electrons. The Hall–Kier alpha value is -1.51. The summed E-state index contributed by atoms with van der Waals surface area (Å²) in [5.41, 5.74) is 1.69. The van der Waals surface area contributed by atoms with Gasteiger partial charge in [0, 0.05) is 5.76 Å². The largest absolute Gasteiger partial charge is 3.00 e. The zero-order valence-corrected chi connectivity index (χ0v) is 14.3. The van der Waals surface area contributed by atoms with E-state index in [2.05, 4.69) is 6.07 Å². The zero-order valence-electron chi connectivity index (χ0n) is 11.9. The summed E-state index contributed by atoms with van der Waals surface area (Å²) in [6, 6.07) is 11.1. The van der Waals surface area contributed by atoms with Gasteiger partial charge in [0.1, 0.15) is 0 Å². The molecule has 1 aromatic rings.